The molecule has 0 spiro atoms. The van der Waals surface area contributed by atoms with Crippen LogP contribution < -0.4 is 5.32 Å². The summed E-state index contributed by atoms with van der Waals surface area (Å²) in [5.41, 5.74) is 0. The summed E-state index contributed by atoms with van der Waals surface area (Å²) in [6, 6.07) is 0.0322. The van der Waals surface area contributed by atoms with Crippen LogP contribution in [0.3, 0.4) is 0 Å². The average molecular weight is 262 g/mol. The van der Waals surface area contributed by atoms with Gasteiger partial charge in [0.2, 0.25) is 0 Å². The van der Waals surface area contributed by atoms with Gasteiger partial charge in [0.1, 0.15) is 0 Å². The van der Waals surface area contributed by atoms with Crippen LogP contribution >= 0.6 is 0 Å². The van der Waals surface area contributed by atoms with Crippen molar-refractivity contribution < 1.29 is 17.9 Å². The molecule has 0 saturated carbocycles. The Balaban J connectivity index is 1.96. The van der Waals surface area contributed by atoms with Crippen LogP contribution in [-0.4, -0.2) is 69.6 Å². The molecule has 6 nitrogen and oxygen atoms in total. The van der Waals surface area contributed by atoms with Gasteiger partial charge in [-0.25, -0.2) is 8.42 Å². The van der Waals surface area contributed by atoms with E-state index in [0.717, 1.165) is 13.1 Å². The first-order valence-corrected chi connectivity index (χ1v) is 7.58. The van der Waals surface area contributed by atoms with Crippen molar-refractivity contribution in [2.75, 3.05) is 38.2 Å². The number of nitrogens with one attached hydrogen (secondary N) is 1. The molecule has 2 aliphatic heterocycles. The van der Waals surface area contributed by atoms with Crippen molar-refractivity contribution in [3.8, 4) is 0 Å². The number of fused-ring (bicyclic) bond motifs is 1. The summed E-state index contributed by atoms with van der Waals surface area (Å²) < 4.78 is 27.8. The highest BCUT2D eigenvalue weighted by Gasteiger charge is 2.42. The van der Waals surface area contributed by atoms with E-state index in [1.165, 1.54) is 7.11 Å². The van der Waals surface area contributed by atoms with Crippen molar-refractivity contribution in [3.63, 3.8) is 0 Å². The fraction of sp³-hybridized carbons (Fsp3) is 0.900. The van der Waals surface area contributed by atoms with Crippen molar-refractivity contribution in [1.82, 2.24) is 10.2 Å². The molecule has 1 N–H and O–H groups in total. The summed E-state index contributed by atoms with van der Waals surface area (Å²) in [5, 5.41) is 3.23. The number of sulfone groups is 1. The molecule has 0 aromatic carbocycles. The predicted octanol–water partition coefficient (Wildman–Crippen LogP) is -1.38. The van der Waals surface area contributed by atoms with Crippen LogP contribution in [0.5, 0.6) is 0 Å². The number of methoxy groups -OCH3 is 1. The molecule has 2 heterocycles. The second kappa shape index (κ2) is 4.91. The zero-order valence-corrected chi connectivity index (χ0v) is 10.7. The lowest BCUT2D eigenvalue weighted by molar-refractivity contribution is -0.141. The topological polar surface area (TPSA) is 75.7 Å². The van der Waals surface area contributed by atoms with E-state index in [-0.39, 0.29) is 29.6 Å². The molecule has 2 aliphatic rings. The Labute approximate surface area is 101 Å². The number of hydrogen-bond donors (Lipinski definition) is 1. The van der Waals surface area contributed by atoms with Gasteiger partial charge in [-0.05, 0) is 0 Å². The number of rotatable bonds is 3. The lowest BCUT2D eigenvalue weighted by atomic mass is 10.1. The zero-order valence-electron chi connectivity index (χ0n) is 9.89. The molecule has 0 unspecified atom stereocenters. The monoisotopic (exact) mass is 262 g/mol. The van der Waals surface area contributed by atoms with E-state index in [2.05, 4.69) is 15.0 Å². The van der Waals surface area contributed by atoms with Crippen molar-refractivity contribution in [2.24, 2.45) is 0 Å². The van der Waals surface area contributed by atoms with Crippen molar-refractivity contribution in [1.29, 1.82) is 0 Å². The normalized spacial score (nSPS) is 32.1. The van der Waals surface area contributed by atoms with Crippen LogP contribution in [0.1, 0.15) is 6.42 Å². The summed E-state index contributed by atoms with van der Waals surface area (Å²) in [6.45, 7) is 2.14. The molecule has 7 heteroatoms. The minimum Gasteiger partial charge on any atom is -0.469 e. The molecular formula is C10H18N2O4S. The molecular weight excluding hydrogens is 244 g/mol. The van der Waals surface area contributed by atoms with Crippen molar-refractivity contribution >= 4 is 15.8 Å². The Morgan fingerprint density at radius 2 is 2.24 bits per heavy atom. The molecule has 0 aromatic rings. The van der Waals surface area contributed by atoms with E-state index in [1.54, 1.807) is 0 Å². The molecule has 2 rings (SSSR count). The summed E-state index contributed by atoms with van der Waals surface area (Å²) in [5.74, 6) is 0.166. The van der Waals surface area contributed by atoms with Crippen molar-refractivity contribution in [3.05, 3.63) is 0 Å². The molecule has 0 aromatic heterocycles. The van der Waals surface area contributed by atoms with E-state index in [4.69, 9.17) is 0 Å². The summed E-state index contributed by atoms with van der Waals surface area (Å²) >= 11 is 0. The third-order valence-electron chi connectivity index (χ3n) is 3.43. The Hall–Kier alpha value is -0.660. The van der Waals surface area contributed by atoms with Crippen molar-refractivity contribution in [2.45, 2.75) is 18.5 Å². The molecule has 0 radical (unpaired) electrons. The molecule has 2 atom stereocenters. The maximum absolute atomic E-state index is 11.6. The number of carbonyl (C=O) groups is 1. The number of hydrogen-bond acceptors (Lipinski definition) is 6. The molecule has 0 amide bonds. The van der Waals surface area contributed by atoms with Gasteiger partial charge < -0.3 is 10.1 Å². The molecule has 0 aliphatic carbocycles. The quantitative estimate of drug-likeness (QED) is 0.632. The minimum atomic E-state index is -2.93. The van der Waals surface area contributed by atoms with Gasteiger partial charge in [-0.15, -0.1) is 0 Å². The minimum absolute atomic E-state index is 0.0124. The summed E-state index contributed by atoms with van der Waals surface area (Å²) in [6.07, 6.45) is 0.319. The second-order valence-corrected chi connectivity index (χ2v) is 6.72. The van der Waals surface area contributed by atoms with Gasteiger partial charge in [-0.2, -0.15) is 0 Å². The van der Waals surface area contributed by atoms with Gasteiger partial charge in [-0.3, -0.25) is 9.69 Å². The number of ether oxygens (including phenoxy) is 1. The van der Waals surface area contributed by atoms with E-state index >= 15 is 0 Å². The largest absolute Gasteiger partial charge is 0.469 e. The van der Waals surface area contributed by atoms with E-state index in [0.29, 0.717) is 13.0 Å². The maximum atomic E-state index is 11.6. The molecule has 0 bridgehead atoms. The highest BCUT2D eigenvalue weighted by atomic mass is 32.2. The second-order valence-electron chi connectivity index (χ2n) is 4.57. The first kappa shape index (κ1) is 12.8. The predicted molar refractivity (Wildman–Crippen MR) is 62.4 cm³/mol. The highest BCUT2D eigenvalue weighted by molar-refractivity contribution is 7.91. The summed E-state index contributed by atoms with van der Waals surface area (Å²) in [7, 11) is -1.56. The Bertz CT molecular complexity index is 395. The van der Waals surface area contributed by atoms with Crippen LogP contribution in [0.25, 0.3) is 0 Å². The standard InChI is InChI=1S/C10H18N2O4S/c1-16-10(13)2-4-12-5-3-11-8-6-17(14,15)7-9(8)12/h8-9,11H,2-7H2,1H3/t8-,9+/m1/s1. The molecule has 17 heavy (non-hydrogen) atoms. The highest BCUT2D eigenvalue weighted by Crippen LogP contribution is 2.21. The lowest BCUT2D eigenvalue weighted by Gasteiger charge is -2.37. The van der Waals surface area contributed by atoms with Crippen LogP contribution in [0.2, 0.25) is 0 Å². The summed E-state index contributed by atoms with van der Waals surface area (Å²) in [4.78, 5) is 13.2. The average Bonchev–Trinajstić information content (AvgIpc) is 2.60. The first-order chi connectivity index (χ1) is 8.02. The van der Waals surface area contributed by atoms with E-state index in [1.807, 2.05) is 0 Å². The fourth-order valence-electron chi connectivity index (χ4n) is 2.56. The zero-order chi connectivity index (χ0) is 12.5. The van der Waals surface area contributed by atoms with E-state index < -0.39 is 9.84 Å². The van der Waals surface area contributed by atoms with Crippen LogP contribution in [0, 0.1) is 0 Å². The number of piperazine rings is 1. The third-order valence-corrected chi connectivity index (χ3v) is 5.14. The van der Waals surface area contributed by atoms with Gasteiger partial charge in [0, 0.05) is 31.7 Å². The Morgan fingerprint density at radius 3 is 2.94 bits per heavy atom. The van der Waals surface area contributed by atoms with Gasteiger partial charge in [-0.1, -0.05) is 0 Å². The van der Waals surface area contributed by atoms with Gasteiger partial charge >= 0.3 is 5.97 Å². The third kappa shape index (κ3) is 2.97. The molecule has 2 saturated heterocycles. The number of carbonyl (C=O) groups excluding carboxylic acids is 1. The number of nitrogens with zero attached hydrogens (tertiary/aromatic N) is 1. The van der Waals surface area contributed by atoms with Gasteiger partial charge in [0.25, 0.3) is 0 Å². The maximum Gasteiger partial charge on any atom is 0.306 e. The Morgan fingerprint density at radius 1 is 1.47 bits per heavy atom. The lowest BCUT2D eigenvalue weighted by Crippen LogP contribution is -2.57. The SMILES string of the molecule is COC(=O)CCN1CCN[C@@H]2CS(=O)(=O)C[C@@H]21. The van der Waals surface area contributed by atoms with E-state index in [9.17, 15) is 13.2 Å². The fourth-order valence-corrected chi connectivity index (χ4v) is 4.54. The van der Waals surface area contributed by atoms with Crippen LogP contribution in [0.4, 0.5) is 0 Å². The van der Waals surface area contributed by atoms with Gasteiger partial charge in [0.05, 0.1) is 25.0 Å². The first-order valence-electron chi connectivity index (χ1n) is 5.76. The van der Waals surface area contributed by atoms with Crippen LogP contribution in [0.15, 0.2) is 0 Å². The molecule has 98 valence electrons. The molecule has 2 fully saturated rings. The van der Waals surface area contributed by atoms with Gasteiger partial charge in [0.15, 0.2) is 9.84 Å². The smallest absolute Gasteiger partial charge is 0.306 e. The number of esters is 1. The van der Waals surface area contributed by atoms with Crippen LogP contribution in [-0.2, 0) is 19.4 Å². The Kier molecular flexibility index (Phi) is 3.70.